The first-order valence-electron chi connectivity index (χ1n) is 8.33. The summed E-state index contributed by atoms with van der Waals surface area (Å²) in [5.74, 6) is 0.650. The van der Waals surface area contributed by atoms with Crippen molar-refractivity contribution in [2.45, 2.75) is 37.6 Å². The van der Waals surface area contributed by atoms with Crippen LogP contribution in [0, 0.1) is 0 Å². The molecule has 1 spiro atoms. The fourth-order valence-corrected chi connectivity index (χ4v) is 3.72. The predicted molar refractivity (Wildman–Crippen MR) is 87.4 cm³/mol. The van der Waals surface area contributed by atoms with Gasteiger partial charge in [0.15, 0.2) is 11.5 Å². The third-order valence-corrected chi connectivity index (χ3v) is 5.00. The van der Waals surface area contributed by atoms with E-state index in [2.05, 4.69) is 0 Å². The van der Waals surface area contributed by atoms with Gasteiger partial charge in [0.05, 0.1) is 20.8 Å². The van der Waals surface area contributed by atoms with Gasteiger partial charge in [-0.05, 0) is 31.0 Å². The molecule has 0 N–H and O–H groups in total. The lowest BCUT2D eigenvalue weighted by Gasteiger charge is -2.47. The van der Waals surface area contributed by atoms with E-state index < -0.39 is 5.54 Å². The van der Waals surface area contributed by atoms with Crippen molar-refractivity contribution in [3.63, 3.8) is 0 Å². The Morgan fingerprint density at radius 3 is 2.50 bits per heavy atom. The van der Waals surface area contributed by atoms with Gasteiger partial charge in [0.25, 0.3) is 5.91 Å². The number of methoxy groups -OCH3 is 2. The number of carbonyl (C=O) groups is 2. The van der Waals surface area contributed by atoms with Crippen LogP contribution < -0.4 is 9.47 Å². The summed E-state index contributed by atoms with van der Waals surface area (Å²) in [5, 5.41) is 0. The number of hydrogen-bond acceptors (Lipinski definition) is 5. The molecule has 0 bridgehead atoms. The molecule has 1 saturated carbocycles. The van der Waals surface area contributed by atoms with Gasteiger partial charge in [-0.1, -0.05) is 19.3 Å². The van der Waals surface area contributed by atoms with Crippen LogP contribution in [-0.2, 0) is 9.53 Å². The third kappa shape index (κ3) is 2.70. The highest BCUT2D eigenvalue weighted by atomic mass is 16.5. The second-order valence-corrected chi connectivity index (χ2v) is 6.25. The van der Waals surface area contributed by atoms with Gasteiger partial charge in [0.2, 0.25) is 0 Å². The highest BCUT2D eigenvalue weighted by molar-refractivity contribution is 5.99. The smallest absolute Gasteiger partial charge is 0.332 e. The maximum atomic E-state index is 13.1. The number of nitrogens with zero attached hydrogens (tertiary/aromatic N) is 1. The molecular formula is C18H23NO5. The summed E-state index contributed by atoms with van der Waals surface area (Å²) in [6.07, 6.45) is 4.30. The van der Waals surface area contributed by atoms with Crippen LogP contribution in [0.2, 0.25) is 0 Å². The lowest BCUT2D eigenvalue weighted by molar-refractivity contribution is -0.168. The number of cyclic esters (lactones) is 1. The number of benzene rings is 1. The van der Waals surface area contributed by atoms with Gasteiger partial charge >= 0.3 is 5.97 Å². The van der Waals surface area contributed by atoms with E-state index in [0.717, 1.165) is 19.3 Å². The van der Waals surface area contributed by atoms with Crippen LogP contribution in [0.4, 0.5) is 0 Å². The topological polar surface area (TPSA) is 65.1 Å². The monoisotopic (exact) mass is 333 g/mol. The fourth-order valence-electron chi connectivity index (χ4n) is 3.72. The Morgan fingerprint density at radius 1 is 1.12 bits per heavy atom. The van der Waals surface area contributed by atoms with Crippen LogP contribution in [0.15, 0.2) is 18.2 Å². The van der Waals surface area contributed by atoms with Gasteiger partial charge < -0.3 is 19.1 Å². The van der Waals surface area contributed by atoms with Crippen LogP contribution in [0.5, 0.6) is 11.5 Å². The quantitative estimate of drug-likeness (QED) is 0.795. The summed E-state index contributed by atoms with van der Waals surface area (Å²) in [4.78, 5) is 27.3. The molecule has 1 aromatic carbocycles. The Balaban J connectivity index is 1.94. The van der Waals surface area contributed by atoms with Crippen molar-refractivity contribution < 1.29 is 23.8 Å². The molecule has 130 valence electrons. The van der Waals surface area contributed by atoms with E-state index in [1.807, 2.05) is 0 Å². The molecule has 0 unspecified atom stereocenters. The molecule has 2 aliphatic rings. The van der Waals surface area contributed by atoms with Gasteiger partial charge in [0.1, 0.15) is 12.1 Å². The van der Waals surface area contributed by atoms with Crippen molar-refractivity contribution in [1.82, 2.24) is 4.90 Å². The van der Waals surface area contributed by atoms with E-state index in [-0.39, 0.29) is 18.5 Å². The number of rotatable bonds is 3. The molecule has 1 amide bonds. The average molecular weight is 333 g/mol. The number of ether oxygens (including phenoxy) is 3. The molecule has 0 aromatic heterocycles. The molecule has 1 saturated heterocycles. The highest BCUT2D eigenvalue weighted by Gasteiger charge is 2.50. The number of carbonyl (C=O) groups excluding carboxylic acids is 2. The summed E-state index contributed by atoms with van der Waals surface area (Å²) in [6, 6.07) is 5.08. The van der Waals surface area contributed by atoms with E-state index in [0.29, 0.717) is 36.4 Å². The Bertz CT molecular complexity index is 636. The zero-order valence-electron chi connectivity index (χ0n) is 14.2. The van der Waals surface area contributed by atoms with Crippen molar-refractivity contribution in [3.8, 4) is 11.5 Å². The van der Waals surface area contributed by atoms with Crippen LogP contribution in [0.25, 0.3) is 0 Å². The number of morpholine rings is 1. The van der Waals surface area contributed by atoms with Crippen molar-refractivity contribution >= 4 is 11.9 Å². The second kappa shape index (κ2) is 6.71. The summed E-state index contributed by atoms with van der Waals surface area (Å²) in [6.45, 7) is 0.679. The normalized spacial score (nSPS) is 19.8. The first-order valence-corrected chi connectivity index (χ1v) is 8.33. The number of hydrogen-bond donors (Lipinski definition) is 0. The molecule has 1 aliphatic heterocycles. The Labute approximate surface area is 141 Å². The molecule has 0 radical (unpaired) electrons. The van der Waals surface area contributed by atoms with E-state index in [9.17, 15) is 9.59 Å². The standard InChI is InChI=1S/C18H23NO5/c1-22-14-7-6-13(12-15(14)23-2)16(20)19-10-11-24-17(21)18(19)8-4-3-5-9-18/h6-7,12H,3-5,8-11H2,1-2H3. The number of amides is 1. The lowest BCUT2D eigenvalue weighted by Crippen LogP contribution is -2.62. The Morgan fingerprint density at radius 2 is 1.83 bits per heavy atom. The minimum Gasteiger partial charge on any atom is -0.493 e. The SMILES string of the molecule is COc1ccc(C(=O)N2CCOC(=O)C23CCCCC3)cc1OC. The van der Waals surface area contributed by atoms with E-state index in [1.165, 1.54) is 7.11 Å². The van der Waals surface area contributed by atoms with Crippen LogP contribution >= 0.6 is 0 Å². The summed E-state index contributed by atoms with van der Waals surface area (Å²) in [5.41, 5.74) is -0.312. The van der Waals surface area contributed by atoms with Crippen LogP contribution in [0.3, 0.4) is 0 Å². The molecule has 3 rings (SSSR count). The van der Waals surface area contributed by atoms with Gasteiger partial charge in [-0.3, -0.25) is 4.79 Å². The zero-order valence-corrected chi connectivity index (χ0v) is 14.2. The van der Waals surface area contributed by atoms with Crippen molar-refractivity contribution in [1.29, 1.82) is 0 Å². The summed E-state index contributed by atoms with van der Waals surface area (Å²) >= 11 is 0. The number of esters is 1. The first-order chi connectivity index (χ1) is 11.6. The first kappa shape index (κ1) is 16.6. The molecule has 6 nitrogen and oxygen atoms in total. The molecule has 0 atom stereocenters. The average Bonchev–Trinajstić information content (AvgIpc) is 2.63. The Hall–Kier alpha value is -2.24. The minimum absolute atomic E-state index is 0.158. The lowest BCUT2D eigenvalue weighted by atomic mass is 9.79. The van der Waals surface area contributed by atoms with Crippen LogP contribution in [-0.4, -0.2) is 49.7 Å². The second-order valence-electron chi connectivity index (χ2n) is 6.25. The Kier molecular flexibility index (Phi) is 4.64. The fraction of sp³-hybridized carbons (Fsp3) is 0.556. The largest absolute Gasteiger partial charge is 0.493 e. The summed E-state index contributed by atoms with van der Waals surface area (Å²) < 4.78 is 15.8. The molecule has 24 heavy (non-hydrogen) atoms. The molecule has 1 heterocycles. The van der Waals surface area contributed by atoms with Crippen molar-refractivity contribution in [3.05, 3.63) is 23.8 Å². The van der Waals surface area contributed by atoms with Gasteiger partial charge in [-0.15, -0.1) is 0 Å². The molecule has 1 aliphatic carbocycles. The zero-order chi connectivity index (χ0) is 17.2. The van der Waals surface area contributed by atoms with Crippen molar-refractivity contribution in [2.24, 2.45) is 0 Å². The van der Waals surface area contributed by atoms with E-state index in [1.54, 1.807) is 30.2 Å². The van der Waals surface area contributed by atoms with Gasteiger partial charge in [0, 0.05) is 5.56 Å². The molecule has 1 aromatic rings. The van der Waals surface area contributed by atoms with Gasteiger partial charge in [-0.25, -0.2) is 4.79 Å². The molecule has 2 fully saturated rings. The van der Waals surface area contributed by atoms with E-state index in [4.69, 9.17) is 14.2 Å². The third-order valence-electron chi connectivity index (χ3n) is 5.00. The van der Waals surface area contributed by atoms with E-state index >= 15 is 0 Å². The van der Waals surface area contributed by atoms with Crippen LogP contribution in [0.1, 0.15) is 42.5 Å². The highest BCUT2D eigenvalue weighted by Crippen LogP contribution is 2.38. The predicted octanol–water partition coefficient (Wildman–Crippen LogP) is 2.41. The molecular weight excluding hydrogens is 310 g/mol. The summed E-state index contributed by atoms with van der Waals surface area (Å²) in [7, 11) is 3.09. The molecule has 6 heteroatoms. The minimum atomic E-state index is -0.805. The maximum absolute atomic E-state index is 13.1. The van der Waals surface area contributed by atoms with Crippen molar-refractivity contribution in [2.75, 3.05) is 27.4 Å². The van der Waals surface area contributed by atoms with Gasteiger partial charge in [-0.2, -0.15) is 0 Å². The maximum Gasteiger partial charge on any atom is 0.332 e.